The molecular formula is C10H16I2O2S2. The van der Waals surface area contributed by atoms with E-state index in [4.69, 9.17) is 9.47 Å². The number of hydrogen-bond acceptors (Lipinski definition) is 4. The first-order chi connectivity index (χ1) is 7.74. The summed E-state index contributed by atoms with van der Waals surface area (Å²) in [7, 11) is 3.90. The van der Waals surface area contributed by atoms with Crippen LogP contribution in [0.15, 0.2) is 0 Å². The lowest BCUT2D eigenvalue weighted by Gasteiger charge is -2.42. The molecule has 0 aromatic heterocycles. The minimum Gasteiger partial charge on any atom is -0.348 e. The van der Waals surface area contributed by atoms with E-state index in [2.05, 4.69) is 42.4 Å². The maximum Gasteiger partial charge on any atom is 0.168 e. The number of halogens is 2. The Morgan fingerprint density at radius 1 is 0.875 bits per heavy atom. The van der Waals surface area contributed by atoms with Crippen LogP contribution in [0.5, 0.6) is 0 Å². The Bertz CT molecular complexity index is 217. The molecule has 0 amide bonds. The molecule has 0 radical (unpaired) electrons. The summed E-state index contributed by atoms with van der Waals surface area (Å²) in [6, 6.07) is 0. The molecule has 2 aliphatic rings. The van der Waals surface area contributed by atoms with E-state index in [-0.39, 0.29) is 5.79 Å². The molecule has 0 atom stereocenters. The van der Waals surface area contributed by atoms with Crippen LogP contribution in [0.1, 0.15) is 25.7 Å². The van der Waals surface area contributed by atoms with E-state index in [0.717, 1.165) is 26.1 Å². The van der Waals surface area contributed by atoms with E-state index in [1.807, 2.05) is 17.9 Å². The average Bonchev–Trinajstić information content (AvgIpc) is 2.73. The van der Waals surface area contributed by atoms with Crippen LogP contribution >= 0.6 is 60.3 Å². The number of hydrogen-bond donors (Lipinski definition) is 0. The molecule has 1 heterocycles. The molecule has 1 aliphatic carbocycles. The van der Waals surface area contributed by atoms with E-state index in [9.17, 15) is 0 Å². The lowest BCUT2D eigenvalue weighted by molar-refractivity contribution is -0.188. The van der Waals surface area contributed by atoms with Crippen molar-refractivity contribution >= 4 is 60.3 Å². The molecule has 2 fully saturated rings. The zero-order valence-electron chi connectivity index (χ0n) is 9.05. The molecule has 0 N–H and O–H groups in total. The highest BCUT2D eigenvalue weighted by Gasteiger charge is 2.45. The predicted molar refractivity (Wildman–Crippen MR) is 88.5 cm³/mol. The highest BCUT2D eigenvalue weighted by atomic mass is 127. The van der Waals surface area contributed by atoms with Crippen LogP contribution < -0.4 is 0 Å². The fourth-order valence-electron chi connectivity index (χ4n) is 2.51. The Morgan fingerprint density at radius 3 is 1.81 bits per heavy atom. The minimum atomic E-state index is -0.199. The van der Waals surface area contributed by atoms with E-state index < -0.39 is 0 Å². The molecule has 2 nitrogen and oxygen atoms in total. The highest BCUT2D eigenvalue weighted by molar-refractivity contribution is 14.2. The van der Waals surface area contributed by atoms with Gasteiger partial charge in [0.25, 0.3) is 0 Å². The van der Waals surface area contributed by atoms with Crippen LogP contribution in [-0.2, 0) is 9.47 Å². The second-order valence-electron chi connectivity index (χ2n) is 4.61. The summed E-state index contributed by atoms with van der Waals surface area (Å²) < 4.78 is 11.6. The van der Waals surface area contributed by atoms with Crippen molar-refractivity contribution in [3.8, 4) is 0 Å². The van der Waals surface area contributed by atoms with Gasteiger partial charge in [-0.2, -0.15) is 0 Å². The van der Waals surface area contributed by atoms with Crippen LogP contribution in [0.25, 0.3) is 0 Å². The molecule has 1 aliphatic heterocycles. The maximum absolute atomic E-state index is 5.79. The SMILES string of the molecule is ISCC1(CSI)CCC2(CC1)OCCO2. The summed E-state index contributed by atoms with van der Waals surface area (Å²) in [6.07, 6.45) is 4.67. The standard InChI is InChI=1S/C10H16I2O2S2/c11-15-7-9(8-16-12)1-3-10(4-2-9)13-5-6-14-10/h1-8H2. The lowest BCUT2D eigenvalue weighted by Crippen LogP contribution is -2.42. The fraction of sp³-hybridized carbons (Fsp3) is 1.00. The summed E-state index contributed by atoms with van der Waals surface area (Å²) in [4.78, 5) is 0. The largest absolute Gasteiger partial charge is 0.348 e. The highest BCUT2D eigenvalue weighted by Crippen LogP contribution is 2.49. The van der Waals surface area contributed by atoms with Gasteiger partial charge in [-0.15, -0.1) is 0 Å². The van der Waals surface area contributed by atoms with E-state index in [1.165, 1.54) is 24.3 Å². The predicted octanol–water partition coefficient (Wildman–Crippen LogP) is 4.46. The normalized spacial score (nSPS) is 27.4. The zero-order chi connectivity index (χ0) is 11.5. The second kappa shape index (κ2) is 6.49. The van der Waals surface area contributed by atoms with Gasteiger partial charge in [0.2, 0.25) is 0 Å². The average molecular weight is 486 g/mol. The Balaban J connectivity index is 1.94. The molecule has 1 saturated carbocycles. The molecule has 0 bridgehead atoms. The minimum absolute atomic E-state index is 0.199. The first-order valence-corrected chi connectivity index (χ1v) is 12.5. The lowest BCUT2D eigenvalue weighted by atomic mass is 9.74. The van der Waals surface area contributed by atoms with Crippen molar-refractivity contribution in [3.63, 3.8) is 0 Å². The molecule has 94 valence electrons. The third-order valence-corrected chi connectivity index (χ3v) is 6.92. The van der Waals surface area contributed by atoms with Crippen LogP contribution in [0.2, 0.25) is 0 Å². The first-order valence-electron chi connectivity index (χ1n) is 5.49. The molecule has 0 aromatic carbocycles. The Morgan fingerprint density at radius 2 is 1.38 bits per heavy atom. The molecule has 0 aromatic rings. The third kappa shape index (κ3) is 3.34. The van der Waals surface area contributed by atoms with Gasteiger partial charge >= 0.3 is 0 Å². The van der Waals surface area contributed by atoms with Gasteiger partial charge in [0, 0.05) is 24.3 Å². The zero-order valence-corrected chi connectivity index (χ0v) is 15.0. The summed E-state index contributed by atoms with van der Waals surface area (Å²) in [6.45, 7) is 1.57. The van der Waals surface area contributed by atoms with Crippen molar-refractivity contribution in [2.75, 3.05) is 24.7 Å². The van der Waals surface area contributed by atoms with Crippen molar-refractivity contribution in [2.45, 2.75) is 31.5 Å². The van der Waals surface area contributed by atoms with Gasteiger partial charge in [-0.1, -0.05) is 17.9 Å². The quantitative estimate of drug-likeness (QED) is 0.547. The van der Waals surface area contributed by atoms with Crippen LogP contribution in [0, 0.1) is 5.41 Å². The maximum atomic E-state index is 5.79. The van der Waals surface area contributed by atoms with Gasteiger partial charge in [0.1, 0.15) is 0 Å². The number of ether oxygens (including phenoxy) is 2. The first kappa shape index (κ1) is 14.5. The summed E-state index contributed by atoms with van der Waals surface area (Å²) >= 11 is 4.84. The summed E-state index contributed by atoms with van der Waals surface area (Å²) in [5, 5.41) is 0. The molecular weight excluding hydrogens is 470 g/mol. The summed E-state index contributed by atoms with van der Waals surface area (Å²) in [5.41, 5.74) is 0.512. The van der Waals surface area contributed by atoms with Crippen molar-refractivity contribution in [3.05, 3.63) is 0 Å². The van der Waals surface area contributed by atoms with Crippen LogP contribution in [0.3, 0.4) is 0 Å². The van der Waals surface area contributed by atoms with Gasteiger partial charge in [-0.25, -0.2) is 0 Å². The second-order valence-corrected chi connectivity index (χ2v) is 9.37. The van der Waals surface area contributed by atoms with Gasteiger partial charge in [-0.05, 0) is 60.7 Å². The molecule has 16 heavy (non-hydrogen) atoms. The van der Waals surface area contributed by atoms with Crippen molar-refractivity contribution in [1.82, 2.24) is 0 Å². The van der Waals surface area contributed by atoms with E-state index >= 15 is 0 Å². The molecule has 0 unspecified atom stereocenters. The van der Waals surface area contributed by atoms with Gasteiger partial charge in [-0.3, -0.25) is 0 Å². The molecule has 6 heteroatoms. The third-order valence-electron chi connectivity index (χ3n) is 3.61. The monoisotopic (exact) mass is 486 g/mol. The van der Waals surface area contributed by atoms with Crippen LogP contribution in [-0.4, -0.2) is 30.5 Å². The fourth-order valence-corrected chi connectivity index (χ4v) is 7.85. The van der Waals surface area contributed by atoms with Gasteiger partial charge < -0.3 is 9.47 Å². The van der Waals surface area contributed by atoms with Gasteiger partial charge in [0.05, 0.1) is 13.2 Å². The molecule has 1 saturated heterocycles. The van der Waals surface area contributed by atoms with Crippen molar-refractivity contribution < 1.29 is 9.47 Å². The van der Waals surface area contributed by atoms with Crippen molar-refractivity contribution in [2.24, 2.45) is 5.41 Å². The smallest absolute Gasteiger partial charge is 0.168 e. The summed E-state index contributed by atoms with van der Waals surface area (Å²) in [5.74, 6) is 2.33. The van der Waals surface area contributed by atoms with E-state index in [1.54, 1.807) is 0 Å². The molecule has 1 spiro atoms. The van der Waals surface area contributed by atoms with E-state index in [0.29, 0.717) is 5.41 Å². The van der Waals surface area contributed by atoms with Crippen LogP contribution in [0.4, 0.5) is 0 Å². The van der Waals surface area contributed by atoms with Gasteiger partial charge in [0.15, 0.2) is 5.79 Å². The Hall–Kier alpha value is 2.08. The van der Waals surface area contributed by atoms with Crippen molar-refractivity contribution in [1.29, 1.82) is 0 Å². The Labute approximate surface area is 130 Å². The Kier molecular flexibility index (Phi) is 5.88. The number of rotatable bonds is 4. The topological polar surface area (TPSA) is 18.5 Å². The molecule has 2 rings (SSSR count).